The number of hydrogen-bond acceptors (Lipinski definition) is 1. The topological polar surface area (TPSA) is 26.0 Å². The number of rotatable bonds is 4. The van der Waals surface area contributed by atoms with Gasteiger partial charge in [-0.3, -0.25) is 0 Å². The molecule has 0 fully saturated rings. The van der Waals surface area contributed by atoms with Gasteiger partial charge in [0.05, 0.1) is 5.56 Å². The molecule has 0 aromatic heterocycles. The first kappa shape index (κ1) is 23.0. The summed E-state index contributed by atoms with van der Waals surface area (Å²) in [7, 11) is 0. The molecule has 3 aromatic rings. The quantitative estimate of drug-likeness (QED) is 0.490. The molecule has 0 bridgehead atoms. The van der Waals surface area contributed by atoms with Gasteiger partial charge in [0.2, 0.25) is 5.71 Å². The highest BCUT2D eigenvalue weighted by atomic mass is 14.9. The number of fused-ring (bicyclic) bond motifs is 2. The van der Waals surface area contributed by atoms with Crippen LogP contribution in [-0.2, 0) is 0 Å². The summed E-state index contributed by atoms with van der Waals surface area (Å²) in [6.45, 7) is 15.4. The lowest BCUT2D eigenvalue weighted by atomic mass is 9.89. The molecule has 33 heavy (non-hydrogen) atoms. The monoisotopic (exact) mass is 437 g/mol. The highest BCUT2D eigenvalue weighted by Crippen LogP contribution is 2.32. The van der Waals surface area contributed by atoms with Crippen molar-refractivity contribution < 1.29 is 4.99 Å². The predicted molar refractivity (Wildman–Crippen MR) is 145 cm³/mol. The molecule has 4 rings (SSSR count). The van der Waals surface area contributed by atoms with Crippen LogP contribution in [-0.4, -0.2) is 18.8 Å². The Morgan fingerprint density at radius 3 is 2.09 bits per heavy atom. The summed E-state index contributed by atoms with van der Waals surface area (Å²) < 4.78 is 0. The van der Waals surface area contributed by atoms with E-state index in [0.29, 0.717) is 0 Å². The predicted octanol–water partition coefficient (Wildman–Crippen LogP) is 6.32. The summed E-state index contributed by atoms with van der Waals surface area (Å²) in [6.07, 6.45) is 6.79. The summed E-state index contributed by atoms with van der Waals surface area (Å²) in [5.41, 5.74) is 7.88. The molecular formula is C31H37N2+. The highest BCUT2D eigenvalue weighted by Gasteiger charge is 2.21. The molecule has 0 atom stereocenters. The van der Waals surface area contributed by atoms with Gasteiger partial charge in [0.15, 0.2) is 0 Å². The van der Waals surface area contributed by atoms with Crippen LogP contribution in [0.15, 0.2) is 72.8 Å². The average molecular weight is 438 g/mol. The third-order valence-corrected chi connectivity index (χ3v) is 5.84. The van der Waals surface area contributed by atoms with Crippen molar-refractivity contribution in [2.45, 2.75) is 41.5 Å². The van der Waals surface area contributed by atoms with E-state index in [-0.39, 0.29) is 10.8 Å². The Labute approximate surface area is 199 Å². The molecule has 2 N–H and O–H groups in total. The molecule has 170 valence electrons. The molecule has 2 nitrogen and oxygen atoms in total. The van der Waals surface area contributed by atoms with Gasteiger partial charge in [0, 0.05) is 29.1 Å². The van der Waals surface area contributed by atoms with E-state index in [9.17, 15) is 0 Å². The van der Waals surface area contributed by atoms with Gasteiger partial charge in [0.1, 0.15) is 6.54 Å². The van der Waals surface area contributed by atoms with Crippen LogP contribution >= 0.6 is 0 Å². The Kier molecular flexibility index (Phi) is 6.30. The fraction of sp³-hybridized carbons (Fsp3) is 0.323. The zero-order valence-corrected chi connectivity index (χ0v) is 20.9. The van der Waals surface area contributed by atoms with Crippen molar-refractivity contribution in [1.82, 2.24) is 0 Å². The van der Waals surface area contributed by atoms with Crippen LogP contribution in [0.3, 0.4) is 0 Å². The molecule has 0 saturated heterocycles. The Morgan fingerprint density at radius 2 is 1.39 bits per heavy atom. The van der Waals surface area contributed by atoms with Crippen LogP contribution in [0.4, 0.5) is 5.69 Å². The second-order valence-electron chi connectivity index (χ2n) is 11.5. The first-order chi connectivity index (χ1) is 15.6. The third-order valence-electron chi connectivity index (χ3n) is 5.84. The maximum absolute atomic E-state index is 3.66. The van der Waals surface area contributed by atoms with E-state index < -0.39 is 0 Å². The SMILES string of the molecule is CC(C)(C)CNc1ccc(/C=C2\C=CC(=[NH+]CC(C)(C)C)c3ccccc32)c2ccccc12. The van der Waals surface area contributed by atoms with Crippen molar-refractivity contribution >= 4 is 33.8 Å². The van der Waals surface area contributed by atoms with Gasteiger partial charge < -0.3 is 5.32 Å². The minimum absolute atomic E-state index is 0.230. The van der Waals surface area contributed by atoms with Gasteiger partial charge in [0.25, 0.3) is 0 Å². The summed E-state index contributed by atoms with van der Waals surface area (Å²) in [5.74, 6) is 0. The molecule has 0 saturated carbocycles. The van der Waals surface area contributed by atoms with Crippen molar-refractivity contribution in [2.24, 2.45) is 10.8 Å². The number of benzene rings is 3. The van der Waals surface area contributed by atoms with Crippen molar-refractivity contribution in [3.8, 4) is 0 Å². The second-order valence-corrected chi connectivity index (χ2v) is 11.5. The van der Waals surface area contributed by atoms with E-state index >= 15 is 0 Å². The summed E-state index contributed by atoms with van der Waals surface area (Å²) in [4.78, 5) is 3.66. The van der Waals surface area contributed by atoms with Crippen molar-refractivity contribution in [1.29, 1.82) is 0 Å². The normalized spacial score (nSPS) is 16.4. The van der Waals surface area contributed by atoms with E-state index in [1.165, 1.54) is 44.4 Å². The molecular weight excluding hydrogens is 400 g/mol. The number of hydrogen-bond donors (Lipinski definition) is 2. The summed E-state index contributed by atoms with van der Waals surface area (Å²) in [5, 5.41) is 6.20. The molecule has 0 amide bonds. The van der Waals surface area contributed by atoms with Gasteiger partial charge in [-0.2, -0.15) is 0 Å². The van der Waals surface area contributed by atoms with Crippen LogP contribution in [0, 0.1) is 10.8 Å². The Bertz CT molecular complexity index is 1240. The molecule has 0 heterocycles. The standard InChI is InChI=1S/C31H36N2/c1-30(2,3)20-32-28-17-15-22(24-11-7-9-13-26(24)28)19-23-16-18-29(33-21-31(4,5)6)27-14-10-8-12-25(23)27/h7-19,32H,20-21H2,1-6H3/p+1/b23-19+,33-29?. The zero-order valence-electron chi connectivity index (χ0n) is 20.9. The summed E-state index contributed by atoms with van der Waals surface area (Å²) in [6, 6.07) is 21.9. The molecule has 2 heteroatoms. The third kappa shape index (κ3) is 5.63. The molecule has 1 aliphatic carbocycles. The number of allylic oxidation sites excluding steroid dienone is 3. The van der Waals surface area contributed by atoms with Crippen LogP contribution in [0.5, 0.6) is 0 Å². The fourth-order valence-corrected chi connectivity index (χ4v) is 4.09. The minimum Gasteiger partial charge on any atom is -0.384 e. The lowest BCUT2D eigenvalue weighted by Crippen LogP contribution is -2.76. The highest BCUT2D eigenvalue weighted by molar-refractivity contribution is 6.15. The lowest BCUT2D eigenvalue weighted by Gasteiger charge is -2.21. The molecule has 0 radical (unpaired) electrons. The number of nitrogens with one attached hydrogen (secondary N) is 2. The van der Waals surface area contributed by atoms with E-state index in [0.717, 1.165) is 13.1 Å². The van der Waals surface area contributed by atoms with Gasteiger partial charge in [-0.15, -0.1) is 0 Å². The fourth-order valence-electron chi connectivity index (χ4n) is 4.09. The lowest BCUT2D eigenvalue weighted by molar-refractivity contribution is -0.472. The van der Waals surface area contributed by atoms with Crippen molar-refractivity contribution in [3.63, 3.8) is 0 Å². The molecule has 3 aromatic carbocycles. The zero-order chi connectivity index (χ0) is 23.6. The maximum atomic E-state index is 3.66. The molecule has 0 aliphatic heterocycles. The minimum atomic E-state index is 0.230. The number of anilines is 1. The van der Waals surface area contributed by atoms with Crippen LogP contribution in [0.25, 0.3) is 22.4 Å². The average Bonchev–Trinajstić information content (AvgIpc) is 2.76. The van der Waals surface area contributed by atoms with E-state index in [1.54, 1.807) is 0 Å². The van der Waals surface area contributed by atoms with Crippen molar-refractivity contribution in [3.05, 3.63) is 89.5 Å². The molecule has 0 unspecified atom stereocenters. The molecule has 1 aliphatic rings. The van der Waals surface area contributed by atoms with Crippen LogP contribution < -0.4 is 10.3 Å². The van der Waals surface area contributed by atoms with Gasteiger partial charge >= 0.3 is 0 Å². The van der Waals surface area contributed by atoms with Crippen molar-refractivity contribution in [2.75, 3.05) is 18.4 Å². The second kappa shape index (κ2) is 9.02. The Morgan fingerprint density at radius 1 is 0.727 bits per heavy atom. The smallest absolute Gasteiger partial charge is 0.206 e. The van der Waals surface area contributed by atoms with Gasteiger partial charge in [-0.05, 0) is 51.8 Å². The van der Waals surface area contributed by atoms with Crippen LogP contribution in [0.1, 0.15) is 58.2 Å². The van der Waals surface area contributed by atoms with E-state index in [1.807, 2.05) is 0 Å². The Hall–Kier alpha value is -3.13. The molecule has 0 spiro atoms. The van der Waals surface area contributed by atoms with E-state index in [2.05, 4.69) is 131 Å². The van der Waals surface area contributed by atoms with Gasteiger partial charge in [-0.1, -0.05) is 90.1 Å². The largest absolute Gasteiger partial charge is 0.384 e. The Balaban J connectivity index is 1.75. The van der Waals surface area contributed by atoms with Gasteiger partial charge in [-0.25, -0.2) is 4.99 Å². The summed E-state index contributed by atoms with van der Waals surface area (Å²) >= 11 is 0. The van der Waals surface area contributed by atoms with Crippen LogP contribution in [0.2, 0.25) is 0 Å². The first-order valence-corrected chi connectivity index (χ1v) is 12.0. The maximum Gasteiger partial charge on any atom is 0.206 e. The first-order valence-electron chi connectivity index (χ1n) is 12.0. The van der Waals surface area contributed by atoms with E-state index in [4.69, 9.17) is 0 Å².